The number of benzene rings is 1. The van der Waals surface area contributed by atoms with E-state index in [0.717, 1.165) is 43.8 Å². The van der Waals surface area contributed by atoms with E-state index in [1.807, 2.05) is 0 Å². The van der Waals surface area contributed by atoms with Crippen LogP contribution in [0.25, 0.3) is 11.0 Å². The van der Waals surface area contributed by atoms with Crippen LogP contribution in [-0.4, -0.2) is 28.6 Å². The standard InChI is InChI=1S/C16H21ClN2O/c1-12-3-4-13-14(11-12)19(15(18-13)5-8-17)16(2)6-9-20-10-7-16/h3-4,11H,5-10H2,1-2H3. The second-order valence-electron chi connectivity index (χ2n) is 5.90. The Bertz CT molecular complexity index is 614. The summed E-state index contributed by atoms with van der Waals surface area (Å²) < 4.78 is 7.96. The van der Waals surface area contributed by atoms with Crippen molar-refractivity contribution in [2.24, 2.45) is 0 Å². The van der Waals surface area contributed by atoms with Gasteiger partial charge in [0, 0.05) is 31.1 Å². The third-order valence-corrected chi connectivity index (χ3v) is 4.50. The molecule has 1 aromatic carbocycles. The molecule has 2 heterocycles. The summed E-state index contributed by atoms with van der Waals surface area (Å²) in [6, 6.07) is 6.47. The van der Waals surface area contributed by atoms with Crippen LogP contribution in [0.2, 0.25) is 0 Å². The summed E-state index contributed by atoms with van der Waals surface area (Å²) in [6.45, 7) is 6.09. The molecule has 20 heavy (non-hydrogen) atoms. The lowest BCUT2D eigenvalue weighted by molar-refractivity contribution is 0.0301. The van der Waals surface area contributed by atoms with E-state index >= 15 is 0 Å². The molecule has 1 aliphatic rings. The lowest BCUT2D eigenvalue weighted by Crippen LogP contribution is -2.37. The van der Waals surface area contributed by atoms with E-state index in [1.165, 1.54) is 11.1 Å². The Balaban J connectivity index is 2.19. The third kappa shape index (κ3) is 2.33. The lowest BCUT2D eigenvalue weighted by atomic mass is 9.91. The normalized spacial score (nSPS) is 18.6. The molecule has 0 aliphatic carbocycles. The smallest absolute Gasteiger partial charge is 0.111 e. The first kappa shape index (κ1) is 13.9. The zero-order valence-corrected chi connectivity index (χ0v) is 12.9. The Morgan fingerprint density at radius 3 is 2.80 bits per heavy atom. The first-order valence-electron chi connectivity index (χ1n) is 7.26. The van der Waals surface area contributed by atoms with Crippen molar-refractivity contribution in [1.29, 1.82) is 0 Å². The van der Waals surface area contributed by atoms with Crippen molar-refractivity contribution in [3.8, 4) is 0 Å². The fraction of sp³-hybridized carbons (Fsp3) is 0.562. The van der Waals surface area contributed by atoms with Gasteiger partial charge in [0.25, 0.3) is 0 Å². The fourth-order valence-electron chi connectivity index (χ4n) is 3.12. The molecule has 3 nitrogen and oxygen atoms in total. The SMILES string of the molecule is Cc1ccc2nc(CCCl)n(C3(C)CCOCC3)c2c1. The maximum atomic E-state index is 5.97. The van der Waals surface area contributed by atoms with E-state index in [9.17, 15) is 0 Å². The number of halogens is 1. The summed E-state index contributed by atoms with van der Waals surface area (Å²) >= 11 is 5.97. The van der Waals surface area contributed by atoms with Crippen LogP contribution < -0.4 is 0 Å². The Labute approximate surface area is 124 Å². The number of fused-ring (bicyclic) bond motifs is 1. The number of hydrogen-bond acceptors (Lipinski definition) is 2. The van der Waals surface area contributed by atoms with Gasteiger partial charge in [-0.05, 0) is 44.4 Å². The topological polar surface area (TPSA) is 27.1 Å². The van der Waals surface area contributed by atoms with Crippen molar-refractivity contribution in [2.75, 3.05) is 19.1 Å². The molecule has 1 aromatic heterocycles. The van der Waals surface area contributed by atoms with Crippen molar-refractivity contribution in [3.05, 3.63) is 29.6 Å². The van der Waals surface area contributed by atoms with Gasteiger partial charge in [-0.2, -0.15) is 0 Å². The van der Waals surface area contributed by atoms with Gasteiger partial charge in [0.1, 0.15) is 5.82 Å². The molecule has 1 fully saturated rings. The summed E-state index contributed by atoms with van der Waals surface area (Å²) in [5, 5.41) is 0. The van der Waals surface area contributed by atoms with Crippen LogP contribution in [0, 0.1) is 6.92 Å². The molecule has 0 spiro atoms. The number of imidazole rings is 1. The fourth-order valence-corrected chi connectivity index (χ4v) is 3.29. The van der Waals surface area contributed by atoms with E-state index in [0.29, 0.717) is 5.88 Å². The predicted molar refractivity (Wildman–Crippen MR) is 82.6 cm³/mol. The van der Waals surface area contributed by atoms with E-state index < -0.39 is 0 Å². The number of hydrogen-bond donors (Lipinski definition) is 0. The monoisotopic (exact) mass is 292 g/mol. The molecule has 1 saturated heterocycles. The molecule has 108 valence electrons. The highest BCUT2D eigenvalue weighted by Gasteiger charge is 2.32. The second kappa shape index (κ2) is 5.38. The average molecular weight is 293 g/mol. The molecule has 0 bridgehead atoms. The van der Waals surface area contributed by atoms with Crippen molar-refractivity contribution >= 4 is 22.6 Å². The van der Waals surface area contributed by atoms with E-state index in [2.05, 4.69) is 36.6 Å². The van der Waals surface area contributed by atoms with Crippen LogP contribution in [0.3, 0.4) is 0 Å². The molecular formula is C16H21ClN2O. The Morgan fingerprint density at radius 1 is 1.35 bits per heavy atom. The van der Waals surface area contributed by atoms with Crippen LogP contribution in [0.4, 0.5) is 0 Å². The number of aryl methyl sites for hydroxylation is 2. The molecule has 0 N–H and O–H groups in total. The second-order valence-corrected chi connectivity index (χ2v) is 6.28. The van der Waals surface area contributed by atoms with Crippen LogP contribution in [-0.2, 0) is 16.7 Å². The summed E-state index contributed by atoms with van der Waals surface area (Å²) in [5.41, 5.74) is 3.66. The van der Waals surface area contributed by atoms with Gasteiger partial charge >= 0.3 is 0 Å². The largest absolute Gasteiger partial charge is 0.381 e. The number of aromatic nitrogens is 2. The van der Waals surface area contributed by atoms with Crippen molar-refractivity contribution in [1.82, 2.24) is 9.55 Å². The van der Waals surface area contributed by atoms with Gasteiger partial charge in [-0.3, -0.25) is 0 Å². The first-order chi connectivity index (χ1) is 9.64. The van der Waals surface area contributed by atoms with Gasteiger partial charge in [0.15, 0.2) is 0 Å². The Kier molecular flexibility index (Phi) is 3.74. The van der Waals surface area contributed by atoms with E-state index in [1.54, 1.807) is 0 Å². The molecule has 4 heteroatoms. The minimum Gasteiger partial charge on any atom is -0.381 e. The maximum absolute atomic E-state index is 5.97. The number of nitrogens with zero attached hydrogens (tertiary/aromatic N) is 2. The number of alkyl halides is 1. The molecule has 3 rings (SSSR count). The summed E-state index contributed by atoms with van der Waals surface area (Å²) in [4.78, 5) is 4.80. The first-order valence-corrected chi connectivity index (χ1v) is 7.80. The van der Waals surface area contributed by atoms with Gasteiger partial charge in [0.05, 0.1) is 11.0 Å². The minimum absolute atomic E-state index is 0.0855. The van der Waals surface area contributed by atoms with Gasteiger partial charge < -0.3 is 9.30 Å². The van der Waals surface area contributed by atoms with Gasteiger partial charge in [0.2, 0.25) is 0 Å². The van der Waals surface area contributed by atoms with Crippen molar-refractivity contribution in [3.63, 3.8) is 0 Å². The molecule has 0 unspecified atom stereocenters. The van der Waals surface area contributed by atoms with Gasteiger partial charge in [-0.1, -0.05) is 6.07 Å². The molecule has 2 aromatic rings. The summed E-state index contributed by atoms with van der Waals surface area (Å²) in [7, 11) is 0. The van der Waals surface area contributed by atoms with Crippen molar-refractivity contribution < 1.29 is 4.74 Å². The quantitative estimate of drug-likeness (QED) is 0.808. The Morgan fingerprint density at radius 2 is 2.10 bits per heavy atom. The number of rotatable bonds is 3. The lowest BCUT2D eigenvalue weighted by Gasteiger charge is -2.36. The third-order valence-electron chi connectivity index (χ3n) is 4.31. The molecule has 1 aliphatic heterocycles. The van der Waals surface area contributed by atoms with Gasteiger partial charge in [-0.15, -0.1) is 11.6 Å². The Hall–Kier alpha value is -1.06. The number of ether oxygens (including phenoxy) is 1. The van der Waals surface area contributed by atoms with Crippen molar-refractivity contribution in [2.45, 2.75) is 38.6 Å². The van der Waals surface area contributed by atoms with E-state index in [4.69, 9.17) is 21.3 Å². The molecular weight excluding hydrogens is 272 g/mol. The van der Waals surface area contributed by atoms with Crippen LogP contribution >= 0.6 is 11.6 Å². The average Bonchev–Trinajstić information content (AvgIpc) is 2.78. The zero-order valence-electron chi connectivity index (χ0n) is 12.2. The highest BCUT2D eigenvalue weighted by molar-refractivity contribution is 6.17. The van der Waals surface area contributed by atoms with E-state index in [-0.39, 0.29) is 5.54 Å². The van der Waals surface area contributed by atoms with Gasteiger partial charge in [-0.25, -0.2) is 4.98 Å². The summed E-state index contributed by atoms with van der Waals surface area (Å²) in [6.07, 6.45) is 2.87. The molecule has 0 atom stereocenters. The van der Waals surface area contributed by atoms with Crippen LogP contribution in [0.5, 0.6) is 0 Å². The molecule has 0 radical (unpaired) electrons. The predicted octanol–water partition coefficient (Wildman–Crippen LogP) is 3.65. The maximum Gasteiger partial charge on any atom is 0.111 e. The van der Waals surface area contributed by atoms with Crippen LogP contribution in [0.15, 0.2) is 18.2 Å². The highest BCUT2D eigenvalue weighted by Crippen LogP contribution is 2.34. The zero-order chi connectivity index (χ0) is 14.2. The minimum atomic E-state index is 0.0855. The highest BCUT2D eigenvalue weighted by atomic mass is 35.5. The van der Waals surface area contributed by atoms with Crippen LogP contribution in [0.1, 0.15) is 31.2 Å². The molecule has 0 saturated carbocycles. The molecule has 0 amide bonds. The summed E-state index contributed by atoms with van der Waals surface area (Å²) in [5.74, 6) is 1.71.